The number of methoxy groups -OCH3 is 1. The molecule has 0 saturated carbocycles. The Labute approximate surface area is 164 Å². The zero-order valence-electron chi connectivity index (χ0n) is 13.7. The van der Waals surface area contributed by atoms with Gasteiger partial charge in [0.1, 0.15) is 5.82 Å². The molecule has 2 N–H and O–H groups in total. The summed E-state index contributed by atoms with van der Waals surface area (Å²) in [6.45, 7) is 1.71. The SMILES string of the molecule is COC(=O)C1=C2S[C@H](C)C(=O)N2C(N)=C(C#N)[C@H]1c1ccc(Cl)cc1Cl. The number of hydrogen-bond donors (Lipinski definition) is 1. The summed E-state index contributed by atoms with van der Waals surface area (Å²) in [6.07, 6.45) is 0. The zero-order valence-corrected chi connectivity index (χ0v) is 16.1. The van der Waals surface area contributed by atoms with E-state index in [1.165, 1.54) is 29.8 Å². The molecule has 0 aliphatic carbocycles. The molecule has 1 aromatic rings. The first-order chi connectivity index (χ1) is 12.3. The van der Waals surface area contributed by atoms with E-state index < -0.39 is 17.1 Å². The van der Waals surface area contributed by atoms with Gasteiger partial charge in [-0.2, -0.15) is 5.26 Å². The smallest absolute Gasteiger partial charge is 0.337 e. The molecule has 2 heterocycles. The summed E-state index contributed by atoms with van der Waals surface area (Å²) < 4.78 is 4.92. The number of carbonyl (C=O) groups is 2. The van der Waals surface area contributed by atoms with Crippen molar-refractivity contribution in [1.82, 2.24) is 4.90 Å². The van der Waals surface area contributed by atoms with Crippen molar-refractivity contribution in [3.05, 3.63) is 55.8 Å². The normalized spacial score (nSPS) is 22.4. The molecule has 0 aromatic heterocycles. The minimum Gasteiger partial charge on any atom is -0.466 e. The number of esters is 1. The Hall–Kier alpha value is -2.14. The maximum absolute atomic E-state index is 12.6. The highest BCUT2D eigenvalue weighted by Crippen LogP contribution is 2.50. The van der Waals surface area contributed by atoms with Gasteiger partial charge in [0.2, 0.25) is 5.91 Å². The molecule has 2 atom stereocenters. The van der Waals surface area contributed by atoms with Crippen molar-refractivity contribution in [2.75, 3.05) is 7.11 Å². The van der Waals surface area contributed by atoms with Gasteiger partial charge in [-0.05, 0) is 24.6 Å². The summed E-state index contributed by atoms with van der Waals surface area (Å²) >= 11 is 13.5. The number of carbonyl (C=O) groups excluding carboxylic acids is 2. The average Bonchev–Trinajstić information content (AvgIpc) is 2.89. The van der Waals surface area contributed by atoms with Crippen molar-refractivity contribution >= 4 is 46.8 Å². The number of amides is 1. The quantitative estimate of drug-likeness (QED) is 0.753. The molecule has 3 rings (SSSR count). The van der Waals surface area contributed by atoms with E-state index in [1.54, 1.807) is 19.1 Å². The van der Waals surface area contributed by atoms with Gasteiger partial charge in [-0.1, -0.05) is 41.0 Å². The minimum absolute atomic E-state index is 0.00646. The minimum atomic E-state index is -0.853. The Kier molecular flexibility index (Phi) is 4.93. The maximum atomic E-state index is 12.6. The zero-order chi connectivity index (χ0) is 19.2. The van der Waals surface area contributed by atoms with Gasteiger partial charge in [0.05, 0.1) is 40.5 Å². The molecule has 2 aliphatic heterocycles. The first-order valence-corrected chi connectivity index (χ1v) is 9.13. The van der Waals surface area contributed by atoms with Crippen LogP contribution in [-0.4, -0.2) is 29.1 Å². The molecule has 1 aromatic carbocycles. The standard InChI is InChI=1S/C17H13Cl2N3O3S/c1-7-15(23)22-14(21)10(6-20)12(9-4-3-8(18)5-11(9)19)13(16(22)26-7)17(24)25-2/h3-5,7,12H,21H2,1-2H3/t7-,12-/m1/s1. The highest BCUT2D eigenvalue weighted by Gasteiger charge is 2.47. The summed E-state index contributed by atoms with van der Waals surface area (Å²) in [5, 5.41) is 10.3. The highest BCUT2D eigenvalue weighted by atomic mass is 35.5. The number of benzene rings is 1. The third kappa shape index (κ3) is 2.75. The summed E-state index contributed by atoms with van der Waals surface area (Å²) in [4.78, 5) is 26.3. The Morgan fingerprint density at radius 1 is 1.42 bits per heavy atom. The fourth-order valence-corrected chi connectivity index (χ4v) is 4.66. The fraction of sp³-hybridized carbons (Fsp3) is 0.235. The van der Waals surface area contributed by atoms with Gasteiger partial charge in [0.25, 0.3) is 0 Å². The lowest BCUT2D eigenvalue weighted by Gasteiger charge is -2.31. The second kappa shape index (κ2) is 6.88. The Morgan fingerprint density at radius 2 is 2.12 bits per heavy atom. The van der Waals surface area contributed by atoms with Crippen LogP contribution < -0.4 is 5.73 Å². The van der Waals surface area contributed by atoms with Crippen molar-refractivity contribution in [3.8, 4) is 6.07 Å². The van der Waals surface area contributed by atoms with E-state index in [0.717, 1.165) is 0 Å². The number of hydrogen-bond acceptors (Lipinski definition) is 6. The lowest BCUT2D eigenvalue weighted by molar-refractivity contribution is -0.136. The van der Waals surface area contributed by atoms with E-state index in [9.17, 15) is 14.9 Å². The van der Waals surface area contributed by atoms with E-state index in [4.69, 9.17) is 33.7 Å². The van der Waals surface area contributed by atoms with Gasteiger partial charge in [-0.25, -0.2) is 4.79 Å². The van der Waals surface area contributed by atoms with E-state index >= 15 is 0 Å². The highest BCUT2D eigenvalue weighted by molar-refractivity contribution is 8.04. The number of allylic oxidation sites excluding steroid dienone is 1. The van der Waals surface area contributed by atoms with Gasteiger partial charge < -0.3 is 10.5 Å². The van der Waals surface area contributed by atoms with Crippen molar-refractivity contribution in [2.24, 2.45) is 5.73 Å². The molecule has 26 heavy (non-hydrogen) atoms. The molecule has 9 heteroatoms. The van der Waals surface area contributed by atoms with E-state index in [-0.39, 0.29) is 27.9 Å². The molecule has 1 fully saturated rings. The van der Waals surface area contributed by atoms with Crippen molar-refractivity contribution < 1.29 is 14.3 Å². The predicted octanol–water partition coefficient (Wildman–Crippen LogP) is 3.13. The van der Waals surface area contributed by atoms with Gasteiger partial charge in [0, 0.05) is 10.0 Å². The molecule has 134 valence electrons. The molecular formula is C17H13Cl2N3O3S. The first-order valence-electron chi connectivity index (χ1n) is 7.49. The Balaban J connectivity index is 2.33. The van der Waals surface area contributed by atoms with Crippen molar-refractivity contribution in [3.63, 3.8) is 0 Å². The van der Waals surface area contributed by atoms with Crippen molar-refractivity contribution in [2.45, 2.75) is 18.1 Å². The van der Waals surface area contributed by atoms with Crippen LogP contribution in [0.15, 0.2) is 40.2 Å². The molecule has 0 radical (unpaired) electrons. The number of fused-ring (bicyclic) bond motifs is 1. The molecule has 1 saturated heterocycles. The summed E-state index contributed by atoms with van der Waals surface area (Å²) in [7, 11) is 1.24. The van der Waals surface area contributed by atoms with E-state index in [2.05, 4.69) is 0 Å². The summed E-state index contributed by atoms with van der Waals surface area (Å²) in [5.41, 5.74) is 6.83. The van der Waals surface area contributed by atoms with Gasteiger partial charge in [-0.15, -0.1) is 0 Å². The number of nitrogens with zero attached hydrogens (tertiary/aromatic N) is 2. The number of ether oxygens (including phenoxy) is 1. The van der Waals surface area contributed by atoms with Crippen molar-refractivity contribution in [1.29, 1.82) is 5.26 Å². The van der Waals surface area contributed by atoms with Crippen LogP contribution in [0.4, 0.5) is 0 Å². The molecule has 0 bridgehead atoms. The largest absolute Gasteiger partial charge is 0.466 e. The topological polar surface area (TPSA) is 96.4 Å². The summed E-state index contributed by atoms with van der Waals surface area (Å²) in [6, 6.07) is 6.77. The fourth-order valence-electron chi connectivity index (χ4n) is 2.98. The van der Waals surface area contributed by atoms with Crippen LogP contribution in [0.25, 0.3) is 0 Å². The maximum Gasteiger partial charge on any atom is 0.337 e. The van der Waals surface area contributed by atoms with Gasteiger partial charge in [0.15, 0.2) is 0 Å². The number of nitrogens with two attached hydrogens (primary N) is 1. The van der Waals surface area contributed by atoms with Crippen LogP contribution >= 0.6 is 35.0 Å². The molecule has 2 aliphatic rings. The van der Waals surface area contributed by atoms with Crippen LogP contribution in [-0.2, 0) is 14.3 Å². The van der Waals surface area contributed by atoms with Gasteiger partial charge in [-0.3, -0.25) is 9.69 Å². The number of nitriles is 1. The lowest BCUT2D eigenvalue weighted by atomic mass is 9.83. The van der Waals surface area contributed by atoms with Crippen LogP contribution in [0.3, 0.4) is 0 Å². The third-order valence-electron chi connectivity index (χ3n) is 4.18. The number of halogens is 2. The van der Waals surface area contributed by atoms with E-state index in [1.807, 2.05) is 6.07 Å². The lowest BCUT2D eigenvalue weighted by Crippen LogP contribution is -2.38. The number of thioether (sulfide) groups is 1. The molecule has 6 nitrogen and oxygen atoms in total. The van der Waals surface area contributed by atoms with Crippen LogP contribution in [0.1, 0.15) is 18.4 Å². The van der Waals surface area contributed by atoms with Crippen LogP contribution in [0.5, 0.6) is 0 Å². The summed E-state index contributed by atoms with van der Waals surface area (Å²) in [5.74, 6) is -1.81. The molecule has 0 unspecified atom stereocenters. The van der Waals surface area contributed by atoms with Gasteiger partial charge >= 0.3 is 5.97 Å². The molecule has 0 spiro atoms. The molecule has 1 amide bonds. The average molecular weight is 410 g/mol. The van der Waals surface area contributed by atoms with Crippen LogP contribution in [0, 0.1) is 11.3 Å². The number of rotatable bonds is 2. The Morgan fingerprint density at radius 3 is 2.69 bits per heavy atom. The second-order valence-electron chi connectivity index (χ2n) is 5.65. The second-order valence-corrected chi connectivity index (χ2v) is 7.83. The molecular weight excluding hydrogens is 397 g/mol. The third-order valence-corrected chi connectivity index (χ3v) is 5.93. The first kappa shape index (κ1) is 18.6. The monoisotopic (exact) mass is 409 g/mol. The van der Waals surface area contributed by atoms with Crippen LogP contribution in [0.2, 0.25) is 10.0 Å². The Bertz CT molecular complexity index is 936. The predicted molar refractivity (Wildman–Crippen MR) is 99.0 cm³/mol. The van der Waals surface area contributed by atoms with E-state index in [0.29, 0.717) is 15.6 Å².